The van der Waals surface area contributed by atoms with Crippen molar-refractivity contribution in [3.8, 4) is 0 Å². The SMILES string of the molecule is CN(C)c1cc(N2CCC(N3CCC[C@@H](C(=O)N4CCCC4)C3)CC2)ncn1. The lowest BCUT2D eigenvalue weighted by molar-refractivity contribution is -0.136. The minimum atomic E-state index is 0.217. The molecule has 1 amide bonds. The number of hydrogen-bond donors (Lipinski definition) is 0. The molecular formula is C21H34N6O. The van der Waals surface area contributed by atoms with Crippen LogP contribution in [0.5, 0.6) is 0 Å². The molecule has 0 aliphatic carbocycles. The zero-order chi connectivity index (χ0) is 19.5. The maximum Gasteiger partial charge on any atom is 0.226 e. The molecule has 0 radical (unpaired) electrons. The molecule has 3 aliphatic rings. The van der Waals surface area contributed by atoms with Crippen LogP contribution < -0.4 is 9.80 Å². The molecule has 3 aliphatic heterocycles. The van der Waals surface area contributed by atoms with Crippen LogP contribution in [0.15, 0.2) is 12.4 Å². The average Bonchev–Trinajstić information content (AvgIpc) is 3.28. The Morgan fingerprint density at radius 2 is 1.75 bits per heavy atom. The smallest absolute Gasteiger partial charge is 0.226 e. The number of carbonyl (C=O) groups is 1. The number of hydrogen-bond acceptors (Lipinski definition) is 6. The summed E-state index contributed by atoms with van der Waals surface area (Å²) in [4.78, 5) is 30.7. The quantitative estimate of drug-likeness (QED) is 0.787. The molecule has 4 heterocycles. The highest BCUT2D eigenvalue weighted by atomic mass is 16.2. The van der Waals surface area contributed by atoms with E-state index in [1.165, 1.54) is 12.8 Å². The summed E-state index contributed by atoms with van der Waals surface area (Å²) >= 11 is 0. The third-order valence-electron chi connectivity index (χ3n) is 6.62. The molecule has 7 nitrogen and oxygen atoms in total. The van der Waals surface area contributed by atoms with Crippen LogP contribution in [-0.4, -0.2) is 85.1 Å². The Kier molecular flexibility index (Phi) is 5.99. The number of nitrogens with zero attached hydrogens (tertiary/aromatic N) is 6. The van der Waals surface area contributed by atoms with Crippen molar-refractivity contribution >= 4 is 17.5 Å². The third kappa shape index (κ3) is 4.24. The second kappa shape index (κ2) is 8.64. The fourth-order valence-electron chi connectivity index (χ4n) is 4.95. The molecule has 0 bridgehead atoms. The first kappa shape index (κ1) is 19.4. The van der Waals surface area contributed by atoms with E-state index in [4.69, 9.17) is 0 Å². The Bertz CT molecular complexity index is 667. The molecule has 0 spiro atoms. The van der Waals surface area contributed by atoms with Crippen LogP contribution in [-0.2, 0) is 4.79 Å². The summed E-state index contributed by atoms with van der Waals surface area (Å²) in [6, 6.07) is 2.67. The summed E-state index contributed by atoms with van der Waals surface area (Å²) in [6.07, 6.45) is 8.54. The summed E-state index contributed by atoms with van der Waals surface area (Å²) in [5.74, 6) is 2.61. The van der Waals surface area contributed by atoms with E-state index in [1.54, 1.807) is 6.33 Å². The number of rotatable bonds is 4. The molecule has 1 aromatic heterocycles. The Labute approximate surface area is 168 Å². The van der Waals surface area contributed by atoms with E-state index in [1.807, 2.05) is 19.0 Å². The van der Waals surface area contributed by atoms with Gasteiger partial charge in [-0.15, -0.1) is 0 Å². The average molecular weight is 387 g/mol. The summed E-state index contributed by atoms with van der Waals surface area (Å²) in [6.45, 7) is 6.10. The second-order valence-electron chi connectivity index (χ2n) is 8.71. The van der Waals surface area contributed by atoms with Gasteiger partial charge in [-0.1, -0.05) is 0 Å². The molecule has 1 aromatic rings. The van der Waals surface area contributed by atoms with E-state index in [9.17, 15) is 4.79 Å². The van der Waals surface area contributed by atoms with Gasteiger partial charge in [0, 0.05) is 58.9 Å². The number of likely N-dealkylation sites (tertiary alicyclic amines) is 2. The topological polar surface area (TPSA) is 55.8 Å². The van der Waals surface area contributed by atoms with Crippen LogP contribution in [0.3, 0.4) is 0 Å². The maximum absolute atomic E-state index is 12.8. The van der Waals surface area contributed by atoms with Crippen LogP contribution in [0, 0.1) is 5.92 Å². The number of carbonyl (C=O) groups excluding carboxylic acids is 1. The second-order valence-corrected chi connectivity index (χ2v) is 8.71. The molecule has 7 heteroatoms. The number of aromatic nitrogens is 2. The Balaban J connectivity index is 1.32. The summed E-state index contributed by atoms with van der Waals surface area (Å²) in [5, 5.41) is 0. The molecule has 1 atom stereocenters. The van der Waals surface area contributed by atoms with Gasteiger partial charge in [0.2, 0.25) is 5.91 Å². The normalized spacial score (nSPS) is 24.6. The molecule has 28 heavy (non-hydrogen) atoms. The lowest BCUT2D eigenvalue weighted by Crippen LogP contribution is -2.51. The van der Waals surface area contributed by atoms with E-state index in [-0.39, 0.29) is 5.92 Å². The highest BCUT2D eigenvalue weighted by Crippen LogP contribution is 2.28. The first-order valence-electron chi connectivity index (χ1n) is 10.9. The highest BCUT2D eigenvalue weighted by molar-refractivity contribution is 5.79. The van der Waals surface area contributed by atoms with Gasteiger partial charge in [0.15, 0.2) is 0 Å². The van der Waals surface area contributed by atoms with Crippen LogP contribution in [0.25, 0.3) is 0 Å². The van der Waals surface area contributed by atoms with Crippen LogP contribution in [0.4, 0.5) is 11.6 Å². The molecule has 4 rings (SSSR count). The Hall–Kier alpha value is -1.89. The Morgan fingerprint density at radius 1 is 1.00 bits per heavy atom. The molecule has 3 saturated heterocycles. The van der Waals surface area contributed by atoms with Gasteiger partial charge in [0.1, 0.15) is 18.0 Å². The minimum Gasteiger partial charge on any atom is -0.363 e. The largest absolute Gasteiger partial charge is 0.363 e. The van der Waals surface area contributed by atoms with Crippen molar-refractivity contribution < 1.29 is 4.79 Å². The molecular weight excluding hydrogens is 352 g/mol. The predicted molar refractivity (Wildman–Crippen MR) is 112 cm³/mol. The van der Waals surface area contributed by atoms with E-state index in [0.29, 0.717) is 11.9 Å². The van der Waals surface area contributed by atoms with Gasteiger partial charge >= 0.3 is 0 Å². The van der Waals surface area contributed by atoms with E-state index in [2.05, 4.69) is 30.7 Å². The fraction of sp³-hybridized carbons (Fsp3) is 0.762. The summed E-state index contributed by atoms with van der Waals surface area (Å²) in [5.41, 5.74) is 0. The van der Waals surface area contributed by atoms with Crippen molar-refractivity contribution in [1.29, 1.82) is 0 Å². The van der Waals surface area contributed by atoms with E-state index in [0.717, 1.165) is 76.6 Å². The fourth-order valence-corrected chi connectivity index (χ4v) is 4.95. The van der Waals surface area contributed by atoms with Crippen molar-refractivity contribution in [3.63, 3.8) is 0 Å². The van der Waals surface area contributed by atoms with Gasteiger partial charge < -0.3 is 14.7 Å². The van der Waals surface area contributed by atoms with Crippen molar-refractivity contribution in [2.24, 2.45) is 5.92 Å². The van der Waals surface area contributed by atoms with Crippen LogP contribution in [0.2, 0.25) is 0 Å². The van der Waals surface area contributed by atoms with Gasteiger partial charge in [-0.25, -0.2) is 9.97 Å². The summed E-state index contributed by atoms with van der Waals surface area (Å²) < 4.78 is 0. The standard InChI is InChI=1S/C21H34N6O/c1-24(2)19-14-20(23-16-22-19)25-12-7-18(8-13-25)27-11-5-6-17(15-27)21(28)26-9-3-4-10-26/h14,16-18H,3-13,15H2,1-2H3/t17-/m1/s1. The molecule has 0 unspecified atom stereocenters. The molecule has 154 valence electrons. The first-order chi connectivity index (χ1) is 13.6. The van der Waals surface area contributed by atoms with Gasteiger partial charge in [0.05, 0.1) is 5.92 Å². The maximum atomic E-state index is 12.8. The molecule has 3 fully saturated rings. The highest BCUT2D eigenvalue weighted by Gasteiger charge is 2.34. The minimum absolute atomic E-state index is 0.217. The number of anilines is 2. The summed E-state index contributed by atoms with van der Waals surface area (Å²) in [7, 11) is 4.02. The van der Waals surface area contributed by atoms with Crippen LogP contribution >= 0.6 is 0 Å². The molecule has 0 saturated carbocycles. The van der Waals surface area contributed by atoms with E-state index < -0.39 is 0 Å². The molecule has 0 aromatic carbocycles. The van der Waals surface area contributed by atoms with Crippen molar-refractivity contribution in [1.82, 2.24) is 19.8 Å². The first-order valence-corrected chi connectivity index (χ1v) is 10.9. The van der Waals surface area contributed by atoms with Crippen LogP contribution in [0.1, 0.15) is 38.5 Å². The third-order valence-corrected chi connectivity index (χ3v) is 6.62. The lowest BCUT2D eigenvalue weighted by Gasteiger charge is -2.42. The predicted octanol–water partition coefficient (Wildman–Crippen LogP) is 1.85. The van der Waals surface area contributed by atoms with Crippen molar-refractivity contribution in [2.45, 2.75) is 44.6 Å². The van der Waals surface area contributed by atoms with Crippen molar-refractivity contribution in [2.75, 3.05) is 63.2 Å². The van der Waals surface area contributed by atoms with Gasteiger partial charge in [-0.2, -0.15) is 0 Å². The number of piperidine rings is 2. The van der Waals surface area contributed by atoms with Crippen molar-refractivity contribution in [3.05, 3.63) is 12.4 Å². The van der Waals surface area contributed by atoms with E-state index >= 15 is 0 Å². The zero-order valence-electron chi connectivity index (χ0n) is 17.4. The lowest BCUT2D eigenvalue weighted by atomic mass is 9.93. The van der Waals surface area contributed by atoms with Gasteiger partial charge in [-0.3, -0.25) is 9.69 Å². The van der Waals surface area contributed by atoms with Gasteiger partial charge in [0.25, 0.3) is 0 Å². The monoisotopic (exact) mass is 386 g/mol. The van der Waals surface area contributed by atoms with Gasteiger partial charge in [-0.05, 0) is 45.1 Å². The number of amides is 1. The molecule has 0 N–H and O–H groups in total. The zero-order valence-corrected chi connectivity index (χ0v) is 17.4. The Morgan fingerprint density at radius 3 is 2.46 bits per heavy atom.